The molecule has 4 aromatic rings. The summed E-state index contributed by atoms with van der Waals surface area (Å²) in [6.45, 7) is 4.81. The normalized spacial score (nSPS) is 15.0. The number of halogens is 2. The zero-order valence-electron chi connectivity index (χ0n) is 24.0. The standard InChI is InChI=1S/C29H34F2N8O3/c1-33-20-13-19(30)24(31)23-22(27(32)35-25(20)23)21(36(2)3)12-16-11-17-26(40)18(29(41)42)15-39(28(17)34-14-16)10-9-38-7-5-37(4)6-8-38/h11-15,33,35H,5-10,32H2,1-4H3,(H,41,42)/b21-12-. The number of aromatic carboxylic acids is 1. The molecule has 1 aromatic carbocycles. The van der Waals surface area contributed by atoms with Gasteiger partial charge in [0.1, 0.15) is 17.0 Å². The van der Waals surface area contributed by atoms with Gasteiger partial charge in [0.25, 0.3) is 0 Å². The number of hydrogen-bond donors (Lipinski definition) is 4. The van der Waals surface area contributed by atoms with E-state index in [2.05, 4.69) is 32.1 Å². The zero-order valence-corrected chi connectivity index (χ0v) is 24.0. The molecule has 1 saturated heterocycles. The Morgan fingerprint density at radius 3 is 2.57 bits per heavy atom. The number of hydrogen-bond acceptors (Lipinski definition) is 8. The zero-order chi connectivity index (χ0) is 30.3. The predicted octanol–water partition coefficient (Wildman–Crippen LogP) is 2.79. The SMILES string of the molecule is CNc1cc(F)c(F)c2c(/C(=C/c3cnc4c(c3)c(=O)c(C(=O)O)cn4CCN3CCN(C)CC3)N(C)C)c(N)[nH]c12. The minimum absolute atomic E-state index is 0.0232. The van der Waals surface area contributed by atoms with Crippen LogP contribution in [-0.4, -0.2) is 101 Å². The van der Waals surface area contributed by atoms with Gasteiger partial charge in [0.05, 0.1) is 27.5 Å². The molecule has 11 nitrogen and oxygen atoms in total. The summed E-state index contributed by atoms with van der Waals surface area (Å²) in [6.07, 6.45) is 4.55. The van der Waals surface area contributed by atoms with Gasteiger partial charge in [0, 0.05) is 84.6 Å². The summed E-state index contributed by atoms with van der Waals surface area (Å²) >= 11 is 0. The quantitative estimate of drug-likeness (QED) is 0.248. The van der Waals surface area contributed by atoms with Gasteiger partial charge in [0.2, 0.25) is 5.43 Å². The summed E-state index contributed by atoms with van der Waals surface area (Å²) < 4.78 is 31.4. The summed E-state index contributed by atoms with van der Waals surface area (Å²) in [6, 6.07) is 2.62. The van der Waals surface area contributed by atoms with E-state index in [-0.39, 0.29) is 27.7 Å². The van der Waals surface area contributed by atoms with Crippen molar-refractivity contribution in [1.29, 1.82) is 0 Å². The maximum atomic E-state index is 15.2. The molecule has 1 aliphatic heterocycles. The first-order chi connectivity index (χ1) is 20.0. The number of likely N-dealkylation sites (N-methyl/N-ethyl adjacent to an activating group) is 1. The van der Waals surface area contributed by atoms with E-state index in [1.54, 1.807) is 48.9 Å². The molecule has 1 fully saturated rings. The van der Waals surface area contributed by atoms with E-state index in [1.165, 1.54) is 6.20 Å². The van der Waals surface area contributed by atoms with Gasteiger partial charge in [-0.2, -0.15) is 0 Å². The van der Waals surface area contributed by atoms with Crippen LogP contribution in [0.2, 0.25) is 0 Å². The highest BCUT2D eigenvalue weighted by molar-refractivity contribution is 6.06. The maximum Gasteiger partial charge on any atom is 0.341 e. The van der Waals surface area contributed by atoms with Crippen LogP contribution < -0.4 is 16.5 Å². The number of nitrogen functional groups attached to an aromatic ring is 1. The van der Waals surface area contributed by atoms with Crippen LogP contribution in [0.1, 0.15) is 21.5 Å². The van der Waals surface area contributed by atoms with Gasteiger partial charge in [-0.1, -0.05) is 0 Å². The average molecular weight is 581 g/mol. The number of nitrogens with one attached hydrogen (secondary N) is 2. The van der Waals surface area contributed by atoms with E-state index in [0.29, 0.717) is 41.2 Å². The molecule has 222 valence electrons. The van der Waals surface area contributed by atoms with Crippen molar-refractivity contribution in [3.05, 3.63) is 63.1 Å². The van der Waals surface area contributed by atoms with Gasteiger partial charge in [-0.25, -0.2) is 18.6 Å². The number of aromatic nitrogens is 3. The lowest BCUT2D eigenvalue weighted by molar-refractivity contribution is 0.0694. The van der Waals surface area contributed by atoms with Gasteiger partial charge in [-0.3, -0.25) is 9.69 Å². The molecule has 0 aliphatic carbocycles. The first-order valence-corrected chi connectivity index (χ1v) is 13.5. The Morgan fingerprint density at radius 2 is 1.93 bits per heavy atom. The van der Waals surface area contributed by atoms with Crippen molar-refractivity contribution >= 4 is 51.2 Å². The molecule has 0 saturated carbocycles. The Morgan fingerprint density at radius 1 is 1.21 bits per heavy atom. The second-order valence-electron chi connectivity index (χ2n) is 10.7. The van der Waals surface area contributed by atoms with Gasteiger partial charge in [-0.05, 0) is 24.8 Å². The molecular formula is C29H34F2N8O3. The number of carboxylic acid groups (broad SMARTS) is 1. The van der Waals surface area contributed by atoms with E-state index in [9.17, 15) is 19.1 Å². The third-order valence-corrected chi connectivity index (χ3v) is 7.73. The number of H-pyrrole nitrogens is 1. The number of pyridine rings is 2. The number of anilines is 2. The second kappa shape index (κ2) is 11.4. The molecule has 3 aromatic heterocycles. The van der Waals surface area contributed by atoms with E-state index in [0.717, 1.165) is 32.2 Å². The monoisotopic (exact) mass is 580 g/mol. The molecule has 0 bridgehead atoms. The number of fused-ring (bicyclic) bond motifs is 2. The number of benzene rings is 1. The van der Waals surface area contributed by atoms with Crippen LogP contribution in [0, 0.1) is 11.6 Å². The van der Waals surface area contributed by atoms with Crippen LogP contribution in [-0.2, 0) is 6.54 Å². The van der Waals surface area contributed by atoms with E-state index in [4.69, 9.17) is 5.73 Å². The van der Waals surface area contributed by atoms with Gasteiger partial charge < -0.3 is 35.5 Å². The molecule has 1 aliphatic rings. The predicted molar refractivity (Wildman–Crippen MR) is 161 cm³/mol. The van der Waals surface area contributed by atoms with E-state index < -0.39 is 23.0 Å². The fourth-order valence-corrected chi connectivity index (χ4v) is 5.38. The molecular weight excluding hydrogens is 546 g/mol. The largest absolute Gasteiger partial charge is 0.477 e. The van der Waals surface area contributed by atoms with Crippen LogP contribution in [0.3, 0.4) is 0 Å². The summed E-state index contributed by atoms with van der Waals surface area (Å²) in [4.78, 5) is 39.0. The molecule has 5 N–H and O–H groups in total. The highest BCUT2D eigenvalue weighted by Crippen LogP contribution is 2.38. The molecule has 42 heavy (non-hydrogen) atoms. The van der Waals surface area contributed by atoms with Crippen molar-refractivity contribution in [2.24, 2.45) is 0 Å². The van der Waals surface area contributed by atoms with Crippen molar-refractivity contribution in [2.45, 2.75) is 6.54 Å². The van der Waals surface area contributed by atoms with Crippen molar-refractivity contribution in [1.82, 2.24) is 29.2 Å². The van der Waals surface area contributed by atoms with E-state index in [1.807, 2.05) is 0 Å². The third kappa shape index (κ3) is 5.28. The first kappa shape index (κ1) is 29.0. The number of piperazine rings is 1. The minimum Gasteiger partial charge on any atom is -0.477 e. The topological polar surface area (TPSA) is 136 Å². The van der Waals surface area contributed by atoms with Crippen LogP contribution >= 0.6 is 0 Å². The number of rotatable bonds is 8. The number of nitrogens with zero attached hydrogens (tertiary/aromatic N) is 5. The van der Waals surface area contributed by atoms with Gasteiger partial charge in [0.15, 0.2) is 11.6 Å². The van der Waals surface area contributed by atoms with Crippen molar-refractivity contribution in [2.75, 3.05) is 72.0 Å². The second-order valence-corrected chi connectivity index (χ2v) is 10.7. The minimum atomic E-state index is -1.32. The highest BCUT2D eigenvalue weighted by Gasteiger charge is 2.24. The molecule has 5 rings (SSSR count). The molecule has 0 atom stereocenters. The molecule has 0 radical (unpaired) electrons. The average Bonchev–Trinajstić information content (AvgIpc) is 3.30. The lowest BCUT2D eigenvalue weighted by Gasteiger charge is -2.32. The summed E-state index contributed by atoms with van der Waals surface area (Å²) in [5.41, 5.74) is 7.43. The van der Waals surface area contributed by atoms with Crippen LogP contribution in [0.25, 0.3) is 33.7 Å². The van der Waals surface area contributed by atoms with E-state index >= 15 is 4.39 Å². The number of aromatic amines is 1. The lowest BCUT2D eigenvalue weighted by atomic mass is 10.0. The van der Waals surface area contributed by atoms with Crippen molar-refractivity contribution < 1.29 is 18.7 Å². The molecule has 13 heteroatoms. The molecule has 0 spiro atoms. The first-order valence-electron chi connectivity index (χ1n) is 13.5. The summed E-state index contributed by atoms with van der Waals surface area (Å²) in [7, 11) is 7.12. The summed E-state index contributed by atoms with van der Waals surface area (Å²) in [5.74, 6) is -3.28. The Bertz CT molecular complexity index is 1770. The van der Waals surface area contributed by atoms with Crippen LogP contribution in [0.15, 0.2) is 29.3 Å². The molecule has 0 unspecified atom stereocenters. The summed E-state index contributed by atoms with van der Waals surface area (Å²) in [5, 5.41) is 12.7. The Kier molecular flexibility index (Phi) is 7.89. The molecule has 0 amide bonds. The highest BCUT2D eigenvalue weighted by atomic mass is 19.2. The third-order valence-electron chi connectivity index (χ3n) is 7.73. The lowest BCUT2D eigenvalue weighted by Crippen LogP contribution is -2.45. The smallest absolute Gasteiger partial charge is 0.341 e. The van der Waals surface area contributed by atoms with Gasteiger partial charge >= 0.3 is 5.97 Å². The van der Waals surface area contributed by atoms with Crippen molar-refractivity contribution in [3.63, 3.8) is 0 Å². The van der Waals surface area contributed by atoms with Gasteiger partial charge in [-0.15, -0.1) is 0 Å². The Balaban J connectivity index is 1.62. The number of carbonyl (C=O) groups is 1. The van der Waals surface area contributed by atoms with Crippen LogP contribution in [0.5, 0.6) is 0 Å². The maximum absolute atomic E-state index is 15.2. The number of carboxylic acids is 1. The van der Waals surface area contributed by atoms with Crippen LogP contribution in [0.4, 0.5) is 20.3 Å². The fourth-order valence-electron chi connectivity index (χ4n) is 5.38. The molecule has 4 heterocycles. The Hall–Kier alpha value is -4.49. The number of nitrogens with two attached hydrogens (primary N) is 1. The van der Waals surface area contributed by atoms with Crippen molar-refractivity contribution in [3.8, 4) is 0 Å². The fraction of sp³-hybridized carbons (Fsp3) is 0.345. The Labute approximate surface area is 240 Å².